The van der Waals surface area contributed by atoms with Gasteiger partial charge in [0.05, 0.1) is 0 Å². The van der Waals surface area contributed by atoms with Crippen LogP contribution in [-0.2, 0) is 4.79 Å². The van der Waals surface area contributed by atoms with Crippen molar-refractivity contribution in [3.05, 3.63) is 0 Å². The Hall–Kier alpha value is -0.353. The van der Waals surface area contributed by atoms with Gasteiger partial charge in [-0.1, -0.05) is 19.6 Å². The average molecular weight is 148 g/mol. The van der Waals surface area contributed by atoms with E-state index in [0.717, 1.165) is 0 Å². The highest BCUT2D eigenvalue weighted by molar-refractivity contribution is 6.72. The summed E-state index contributed by atoms with van der Waals surface area (Å²) in [5.41, 5.74) is 4.47. The molecule has 0 heterocycles. The first-order valence-corrected chi connectivity index (χ1v) is 6.36. The molecule has 0 rings (SSSR count). The quantitative estimate of drug-likeness (QED) is 0.484. The largest absolute Gasteiger partial charge is 0.370 e. The predicted octanol–water partition coefficient (Wildman–Crippen LogP) is 0.272. The predicted molar refractivity (Wildman–Crippen MR) is 42.4 cm³/mol. The minimum absolute atomic E-state index is 0.333. The molecule has 0 saturated carbocycles. The maximum atomic E-state index is 9.22. The smallest absolute Gasteiger partial charge is 0.214 e. The van der Waals surface area contributed by atoms with Crippen molar-refractivity contribution in [2.45, 2.75) is 26.6 Å². The van der Waals surface area contributed by atoms with Gasteiger partial charge in [0.15, 0.2) is 0 Å². The molecule has 0 aliphatic carbocycles. The highest BCUT2D eigenvalue weighted by atomic mass is 28.3. The van der Waals surface area contributed by atoms with Gasteiger partial charge in [-0.3, -0.25) is 4.79 Å². The van der Waals surface area contributed by atoms with Crippen LogP contribution in [0.15, 0.2) is 0 Å². The molecule has 9 heavy (non-hydrogen) atoms. The Kier molecular flexibility index (Phi) is 5.75. The first-order chi connectivity index (χ1) is 3.73. The fraction of sp³-hybridized carbons (Fsp3) is 0.800. The van der Waals surface area contributed by atoms with Crippen LogP contribution in [0.3, 0.4) is 0 Å². The third kappa shape index (κ3) is 1960. The second-order valence-electron chi connectivity index (χ2n) is 2.98. The van der Waals surface area contributed by atoms with E-state index >= 15 is 0 Å². The third-order valence-corrected chi connectivity index (χ3v) is 0. The Balaban J connectivity index is 0. The average Bonchev–Trinajstić information content (AvgIpc) is 1.19. The zero-order valence-electron chi connectivity index (χ0n) is 6.56. The molecule has 0 bridgehead atoms. The zero-order chi connectivity index (χ0) is 8.08. The number of nitrogens with two attached hydrogens (primary N) is 2. The van der Waals surface area contributed by atoms with Crippen LogP contribution in [0.5, 0.6) is 0 Å². The standard InChI is InChI=1S/C3H11NSi.C2H5NO/c1-5(2,3)4;1-2(3)4/h4H2,1-3H3;1H3,(H2,3,4). The Bertz CT molecular complexity index is 77.4. The summed E-state index contributed by atoms with van der Waals surface area (Å²) in [4.78, 5) is 9.22. The van der Waals surface area contributed by atoms with Crippen LogP contribution in [0.25, 0.3) is 0 Å². The second-order valence-corrected chi connectivity index (χ2v) is 7.71. The molecule has 0 aliphatic rings. The molecular weight excluding hydrogens is 132 g/mol. The highest BCUT2D eigenvalue weighted by Gasteiger charge is 2.00. The fourth-order valence-corrected chi connectivity index (χ4v) is 0. The number of rotatable bonds is 0. The number of carbonyl (C=O) groups excluding carboxylic acids is 1. The Morgan fingerprint density at radius 2 is 1.33 bits per heavy atom. The Morgan fingerprint density at radius 1 is 1.33 bits per heavy atom. The van der Waals surface area contributed by atoms with Crippen LogP contribution in [0.4, 0.5) is 0 Å². The minimum Gasteiger partial charge on any atom is -0.370 e. The number of hydrogen-bond donors (Lipinski definition) is 2. The molecule has 4 heteroatoms. The molecule has 0 radical (unpaired) electrons. The molecular formula is C5H16N2OSi. The van der Waals surface area contributed by atoms with Crippen LogP contribution in [0.1, 0.15) is 6.92 Å². The van der Waals surface area contributed by atoms with Gasteiger partial charge in [-0.15, -0.1) is 0 Å². The van der Waals surface area contributed by atoms with E-state index in [9.17, 15) is 4.79 Å². The topological polar surface area (TPSA) is 69.1 Å². The van der Waals surface area contributed by atoms with Crippen LogP contribution >= 0.6 is 0 Å². The SMILES string of the molecule is CC(N)=O.C[Si](C)(C)N. The van der Waals surface area contributed by atoms with Gasteiger partial charge in [0.1, 0.15) is 8.24 Å². The van der Waals surface area contributed by atoms with E-state index in [0.29, 0.717) is 0 Å². The molecule has 0 aromatic rings. The first-order valence-electron chi connectivity index (χ1n) is 2.78. The van der Waals surface area contributed by atoms with Crippen LogP contribution < -0.4 is 11.1 Å². The third-order valence-electron chi connectivity index (χ3n) is 0. The summed E-state index contributed by atoms with van der Waals surface area (Å²) in [6.45, 7) is 7.62. The summed E-state index contributed by atoms with van der Waals surface area (Å²) < 4.78 is 0. The molecule has 0 atom stereocenters. The zero-order valence-corrected chi connectivity index (χ0v) is 7.56. The summed E-state index contributed by atoms with van der Waals surface area (Å²) in [7, 11) is -1.11. The maximum absolute atomic E-state index is 9.22. The van der Waals surface area contributed by atoms with Gasteiger partial charge in [0.25, 0.3) is 0 Å². The van der Waals surface area contributed by atoms with E-state index in [1.54, 1.807) is 0 Å². The Labute approximate surface area is 57.5 Å². The lowest BCUT2D eigenvalue weighted by Crippen LogP contribution is -2.32. The van der Waals surface area contributed by atoms with Crippen molar-refractivity contribution in [2.24, 2.45) is 11.1 Å². The van der Waals surface area contributed by atoms with E-state index in [4.69, 9.17) is 5.40 Å². The number of hydrogen-bond acceptors (Lipinski definition) is 2. The molecule has 0 aliphatic heterocycles. The number of amides is 1. The Morgan fingerprint density at radius 3 is 1.33 bits per heavy atom. The molecule has 0 unspecified atom stereocenters. The molecule has 56 valence electrons. The molecule has 0 fully saturated rings. The summed E-state index contributed by atoms with van der Waals surface area (Å²) in [5.74, 6) is -0.333. The van der Waals surface area contributed by atoms with Crippen molar-refractivity contribution in [1.29, 1.82) is 0 Å². The molecule has 0 aromatic carbocycles. The van der Waals surface area contributed by atoms with Gasteiger partial charge in [-0.05, 0) is 0 Å². The number of primary amides is 1. The molecule has 3 nitrogen and oxygen atoms in total. The van der Waals surface area contributed by atoms with Crippen molar-refractivity contribution >= 4 is 14.1 Å². The van der Waals surface area contributed by atoms with Gasteiger partial charge in [0.2, 0.25) is 5.91 Å². The summed E-state index contributed by atoms with van der Waals surface area (Å²) in [5, 5.41) is 5.49. The summed E-state index contributed by atoms with van der Waals surface area (Å²) in [6.07, 6.45) is 0. The van der Waals surface area contributed by atoms with E-state index in [1.165, 1.54) is 6.92 Å². The molecule has 0 aromatic heterocycles. The van der Waals surface area contributed by atoms with Gasteiger partial charge in [0, 0.05) is 6.92 Å². The lowest BCUT2D eigenvalue weighted by atomic mass is 10.8. The van der Waals surface area contributed by atoms with Crippen molar-refractivity contribution in [3.63, 3.8) is 0 Å². The molecule has 1 amide bonds. The minimum atomic E-state index is -1.11. The number of carbonyl (C=O) groups is 1. The van der Waals surface area contributed by atoms with E-state index < -0.39 is 8.24 Å². The normalized spacial score (nSPS) is 9.44. The van der Waals surface area contributed by atoms with Gasteiger partial charge >= 0.3 is 0 Å². The van der Waals surface area contributed by atoms with E-state index in [2.05, 4.69) is 25.4 Å². The van der Waals surface area contributed by atoms with Gasteiger partial charge < -0.3 is 11.1 Å². The van der Waals surface area contributed by atoms with Crippen LogP contribution in [0.2, 0.25) is 19.6 Å². The summed E-state index contributed by atoms with van der Waals surface area (Å²) in [6, 6.07) is 0. The van der Waals surface area contributed by atoms with E-state index in [-0.39, 0.29) is 5.91 Å². The highest BCUT2D eigenvalue weighted by Crippen LogP contribution is 1.83. The van der Waals surface area contributed by atoms with Crippen LogP contribution in [-0.4, -0.2) is 14.1 Å². The van der Waals surface area contributed by atoms with Crippen molar-refractivity contribution in [3.8, 4) is 0 Å². The summed E-state index contributed by atoms with van der Waals surface area (Å²) >= 11 is 0. The van der Waals surface area contributed by atoms with Crippen molar-refractivity contribution in [2.75, 3.05) is 0 Å². The van der Waals surface area contributed by atoms with Gasteiger partial charge in [-0.2, -0.15) is 0 Å². The maximum Gasteiger partial charge on any atom is 0.214 e. The van der Waals surface area contributed by atoms with Gasteiger partial charge in [-0.25, -0.2) is 0 Å². The fourth-order valence-electron chi connectivity index (χ4n) is 0. The molecule has 0 saturated heterocycles. The molecule has 0 spiro atoms. The molecule has 4 N–H and O–H groups in total. The first kappa shape index (κ1) is 11.4. The van der Waals surface area contributed by atoms with Crippen LogP contribution in [0, 0.1) is 0 Å². The monoisotopic (exact) mass is 148 g/mol. The van der Waals surface area contributed by atoms with E-state index in [1.807, 2.05) is 0 Å². The van der Waals surface area contributed by atoms with Crippen molar-refractivity contribution < 1.29 is 4.79 Å². The lowest BCUT2D eigenvalue weighted by Gasteiger charge is -2.02. The lowest BCUT2D eigenvalue weighted by molar-refractivity contribution is -0.115. The second kappa shape index (κ2) is 4.52. The van der Waals surface area contributed by atoms with Crippen molar-refractivity contribution in [1.82, 2.24) is 0 Å².